The minimum atomic E-state index is -0.843. The Morgan fingerprint density at radius 2 is 1.92 bits per heavy atom. The van der Waals surface area contributed by atoms with Gasteiger partial charge in [-0.1, -0.05) is 37.6 Å². The highest BCUT2D eigenvalue weighted by atomic mass is 35.5. The van der Waals surface area contributed by atoms with Crippen molar-refractivity contribution in [3.8, 4) is 0 Å². The molecule has 1 aromatic carbocycles. The second kappa shape index (κ2) is 5.63. The van der Waals surface area contributed by atoms with Gasteiger partial charge in [0, 0.05) is 17.9 Å². The van der Waals surface area contributed by atoms with E-state index in [9.17, 15) is 14.9 Å². The third-order valence-electron chi connectivity index (χ3n) is 4.33. The second-order valence-corrected chi connectivity index (χ2v) is 7.31. The first-order valence-electron chi connectivity index (χ1n) is 7.53. The van der Waals surface area contributed by atoms with Crippen molar-refractivity contribution in [2.24, 2.45) is 11.1 Å². The molecule has 2 aliphatic rings. The number of nitrogens with two attached hydrogens (primary N) is 1. The Morgan fingerprint density at radius 3 is 2.50 bits per heavy atom. The van der Waals surface area contributed by atoms with Crippen molar-refractivity contribution in [1.82, 2.24) is 0 Å². The predicted octanol–water partition coefficient (Wildman–Crippen LogP) is 3.50. The van der Waals surface area contributed by atoms with E-state index in [1.165, 1.54) is 0 Å². The van der Waals surface area contributed by atoms with Gasteiger partial charge in [0.25, 0.3) is 5.88 Å². The normalized spacial score (nSPS) is 23.0. The number of nitro groups is 1. The molecule has 0 aromatic heterocycles. The van der Waals surface area contributed by atoms with Crippen molar-refractivity contribution in [2.45, 2.75) is 32.6 Å². The number of allylic oxidation sites excluding steroid dienone is 2. The Labute approximate surface area is 144 Å². The second-order valence-electron chi connectivity index (χ2n) is 6.87. The molecule has 0 saturated carbocycles. The summed E-state index contributed by atoms with van der Waals surface area (Å²) in [4.78, 5) is 23.7. The molecular weight excluding hydrogens is 332 g/mol. The minimum absolute atomic E-state index is 0.145. The number of carbonyl (C=O) groups excluding carboxylic acids is 1. The Kier molecular flexibility index (Phi) is 3.87. The maximum atomic E-state index is 12.7. The molecule has 0 spiro atoms. The van der Waals surface area contributed by atoms with Crippen LogP contribution in [0, 0.1) is 15.5 Å². The molecule has 0 unspecified atom stereocenters. The highest BCUT2D eigenvalue weighted by molar-refractivity contribution is 6.30. The molecule has 1 heterocycles. The van der Waals surface area contributed by atoms with Crippen LogP contribution in [0.3, 0.4) is 0 Å². The molecule has 1 aliphatic heterocycles. The molecule has 1 atom stereocenters. The molecule has 0 saturated heterocycles. The summed E-state index contributed by atoms with van der Waals surface area (Å²) < 4.78 is 5.49. The maximum absolute atomic E-state index is 12.7. The van der Waals surface area contributed by atoms with Crippen LogP contribution in [0.1, 0.15) is 38.2 Å². The first-order valence-corrected chi connectivity index (χ1v) is 7.91. The van der Waals surface area contributed by atoms with Crippen molar-refractivity contribution < 1.29 is 14.5 Å². The molecule has 3 rings (SSSR count). The third kappa shape index (κ3) is 2.78. The number of Topliss-reactive ketones (excluding diaryl/α,β-unsaturated/α-hetero) is 1. The molecule has 0 fully saturated rings. The summed E-state index contributed by atoms with van der Waals surface area (Å²) in [6.45, 7) is 3.91. The summed E-state index contributed by atoms with van der Waals surface area (Å²) in [6, 6.07) is 6.62. The van der Waals surface area contributed by atoms with Crippen molar-refractivity contribution in [1.29, 1.82) is 0 Å². The van der Waals surface area contributed by atoms with E-state index in [1.54, 1.807) is 24.3 Å². The average molecular weight is 349 g/mol. The monoisotopic (exact) mass is 348 g/mol. The van der Waals surface area contributed by atoms with Crippen LogP contribution in [0.5, 0.6) is 0 Å². The lowest BCUT2D eigenvalue weighted by atomic mass is 9.71. The fourth-order valence-corrected chi connectivity index (χ4v) is 3.46. The van der Waals surface area contributed by atoms with Gasteiger partial charge in [-0.15, -0.1) is 0 Å². The number of ether oxygens (including phenoxy) is 1. The highest BCUT2D eigenvalue weighted by Crippen LogP contribution is 2.48. The van der Waals surface area contributed by atoms with E-state index in [-0.39, 0.29) is 22.8 Å². The van der Waals surface area contributed by atoms with Gasteiger partial charge in [0.2, 0.25) is 0 Å². The van der Waals surface area contributed by atoms with Crippen LogP contribution in [0.25, 0.3) is 0 Å². The molecule has 2 N–H and O–H groups in total. The molecule has 0 radical (unpaired) electrons. The topological polar surface area (TPSA) is 95.5 Å². The lowest BCUT2D eigenvalue weighted by Crippen LogP contribution is -2.35. The molecule has 1 aromatic rings. The van der Waals surface area contributed by atoms with Gasteiger partial charge in [-0.2, -0.15) is 0 Å². The van der Waals surface area contributed by atoms with Gasteiger partial charge in [0.05, 0.1) is 10.5 Å². The summed E-state index contributed by atoms with van der Waals surface area (Å²) in [5.74, 6) is -0.818. The van der Waals surface area contributed by atoms with Crippen LogP contribution in [0.15, 0.2) is 47.2 Å². The van der Waals surface area contributed by atoms with Crippen molar-refractivity contribution in [3.05, 3.63) is 67.9 Å². The smallest absolute Gasteiger partial charge is 0.317 e. The van der Waals surface area contributed by atoms with Gasteiger partial charge in [-0.3, -0.25) is 14.9 Å². The van der Waals surface area contributed by atoms with Crippen LogP contribution in [0.2, 0.25) is 5.02 Å². The Bertz CT molecular complexity index is 793. The van der Waals surface area contributed by atoms with Gasteiger partial charge in [0.1, 0.15) is 11.7 Å². The van der Waals surface area contributed by atoms with Gasteiger partial charge in [-0.25, -0.2) is 0 Å². The maximum Gasteiger partial charge on any atom is 0.317 e. The summed E-state index contributed by atoms with van der Waals surface area (Å²) in [7, 11) is 0. The third-order valence-corrected chi connectivity index (χ3v) is 4.58. The molecule has 6 nitrogen and oxygen atoms in total. The van der Waals surface area contributed by atoms with E-state index in [0.29, 0.717) is 34.8 Å². The number of hydrogen-bond acceptors (Lipinski definition) is 5. The van der Waals surface area contributed by atoms with E-state index in [0.717, 1.165) is 0 Å². The van der Waals surface area contributed by atoms with Crippen LogP contribution in [-0.4, -0.2) is 10.7 Å². The van der Waals surface area contributed by atoms with E-state index in [2.05, 4.69) is 0 Å². The largest absolute Gasteiger partial charge is 0.440 e. The molecule has 24 heavy (non-hydrogen) atoms. The first-order chi connectivity index (χ1) is 11.2. The summed E-state index contributed by atoms with van der Waals surface area (Å²) in [6.07, 6.45) is 0.814. The number of ketones is 1. The zero-order chi connectivity index (χ0) is 17.6. The lowest BCUT2D eigenvalue weighted by Gasteiger charge is -2.36. The summed E-state index contributed by atoms with van der Waals surface area (Å²) in [5, 5.41) is 12.1. The number of hydrogen-bond donors (Lipinski definition) is 1. The number of halogens is 1. The van der Waals surface area contributed by atoms with Crippen molar-refractivity contribution in [3.63, 3.8) is 0 Å². The van der Waals surface area contributed by atoms with Gasteiger partial charge in [0.15, 0.2) is 5.78 Å². The fraction of sp³-hybridized carbons (Fsp3) is 0.353. The molecule has 126 valence electrons. The minimum Gasteiger partial charge on any atom is -0.440 e. The Balaban J connectivity index is 2.19. The first kappa shape index (κ1) is 16.5. The number of carbonyl (C=O) groups is 1. The number of nitrogens with zero attached hydrogens (tertiary/aromatic N) is 1. The lowest BCUT2D eigenvalue weighted by molar-refractivity contribution is -0.433. The van der Waals surface area contributed by atoms with E-state index in [1.807, 2.05) is 13.8 Å². The van der Waals surface area contributed by atoms with Gasteiger partial charge in [-0.05, 0) is 23.1 Å². The van der Waals surface area contributed by atoms with Crippen molar-refractivity contribution in [2.75, 3.05) is 0 Å². The van der Waals surface area contributed by atoms with E-state index >= 15 is 0 Å². The summed E-state index contributed by atoms with van der Waals surface area (Å²) in [5.41, 5.74) is 6.18. The number of benzene rings is 1. The zero-order valence-electron chi connectivity index (χ0n) is 13.3. The fourth-order valence-electron chi connectivity index (χ4n) is 3.33. The molecule has 0 bridgehead atoms. The van der Waals surface area contributed by atoms with E-state index in [4.69, 9.17) is 22.1 Å². The van der Waals surface area contributed by atoms with Crippen LogP contribution >= 0.6 is 11.6 Å². The average Bonchev–Trinajstić information content (AvgIpc) is 2.44. The van der Waals surface area contributed by atoms with Crippen LogP contribution in [-0.2, 0) is 9.53 Å². The summed E-state index contributed by atoms with van der Waals surface area (Å²) >= 11 is 5.91. The van der Waals surface area contributed by atoms with Crippen LogP contribution < -0.4 is 5.73 Å². The van der Waals surface area contributed by atoms with E-state index < -0.39 is 10.8 Å². The standard InChI is InChI=1S/C17H17ClN2O4/c1-17(2)7-11(21)14-12(8-17)24-16(19)15(20(22)23)13(14)9-3-5-10(18)6-4-9/h3-6,13H,7-8,19H2,1-2H3/t13-/m0/s1. The molecule has 0 amide bonds. The van der Waals surface area contributed by atoms with Gasteiger partial charge >= 0.3 is 5.70 Å². The zero-order valence-corrected chi connectivity index (χ0v) is 14.1. The Hall–Kier alpha value is -2.34. The quantitative estimate of drug-likeness (QED) is 0.651. The molecule has 7 heteroatoms. The highest BCUT2D eigenvalue weighted by Gasteiger charge is 2.47. The molecule has 1 aliphatic carbocycles. The Morgan fingerprint density at radius 1 is 1.29 bits per heavy atom. The molecular formula is C17H17ClN2O4. The predicted molar refractivity (Wildman–Crippen MR) is 88.5 cm³/mol. The van der Waals surface area contributed by atoms with Gasteiger partial charge < -0.3 is 10.5 Å². The van der Waals surface area contributed by atoms with Crippen LogP contribution in [0.4, 0.5) is 0 Å². The number of rotatable bonds is 2. The van der Waals surface area contributed by atoms with Crippen molar-refractivity contribution >= 4 is 17.4 Å². The SMILES string of the molecule is CC1(C)CC(=O)C2=C(C1)OC(N)=C([N+](=O)[O-])[C@H]2c1ccc(Cl)cc1.